The zero-order chi connectivity index (χ0) is 14.8. The molecule has 0 heterocycles. The molecule has 1 rings (SSSR count). The molecule has 120 valence electrons. The maximum atomic E-state index is 5.85. The van der Waals surface area contributed by atoms with Gasteiger partial charge in [-0.05, 0) is 39.1 Å². The largest absolute Gasteiger partial charge is 0.383 e. The minimum absolute atomic E-state index is 0. The highest BCUT2D eigenvalue weighted by atomic mass is 127. The van der Waals surface area contributed by atoms with Crippen LogP contribution in [0.25, 0.3) is 0 Å². The summed E-state index contributed by atoms with van der Waals surface area (Å²) >= 11 is 0. The summed E-state index contributed by atoms with van der Waals surface area (Å²) in [4.78, 5) is 6.54. The summed E-state index contributed by atoms with van der Waals surface area (Å²) in [5.74, 6) is 0.466. The zero-order valence-electron chi connectivity index (χ0n) is 13.1. The monoisotopic (exact) mass is 406 g/mol. The van der Waals surface area contributed by atoms with Crippen molar-refractivity contribution in [3.8, 4) is 0 Å². The number of nitrogens with two attached hydrogens (primary N) is 1. The highest BCUT2D eigenvalue weighted by Gasteiger charge is 1.98. The second kappa shape index (κ2) is 11.8. The Bertz CT molecular complexity index is 409. The third kappa shape index (κ3) is 9.65. The number of hydrogen-bond acceptors (Lipinski definition) is 3. The molecule has 0 saturated carbocycles. The maximum absolute atomic E-state index is 5.85. The van der Waals surface area contributed by atoms with Gasteiger partial charge in [0.25, 0.3) is 0 Å². The Balaban J connectivity index is 0.00000400. The zero-order valence-corrected chi connectivity index (χ0v) is 15.5. The molecule has 0 radical (unpaired) electrons. The minimum Gasteiger partial charge on any atom is -0.383 e. The van der Waals surface area contributed by atoms with Gasteiger partial charge in [0.05, 0.1) is 6.61 Å². The molecule has 21 heavy (non-hydrogen) atoms. The molecule has 0 aliphatic heterocycles. The van der Waals surface area contributed by atoms with Crippen molar-refractivity contribution in [1.82, 2.24) is 4.90 Å². The van der Waals surface area contributed by atoms with E-state index in [1.165, 1.54) is 5.56 Å². The highest BCUT2D eigenvalue weighted by Crippen LogP contribution is 2.07. The number of nitrogens with zero attached hydrogens (tertiary/aromatic N) is 2. The van der Waals surface area contributed by atoms with Gasteiger partial charge in [-0.1, -0.05) is 17.7 Å². The summed E-state index contributed by atoms with van der Waals surface area (Å²) in [6, 6.07) is 8.08. The van der Waals surface area contributed by atoms with E-state index < -0.39 is 0 Å². The molecule has 1 aromatic rings. The van der Waals surface area contributed by atoms with Gasteiger partial charge in [-0.2, -0.15) is 0 Å². The van der Waals surface area contributed by atoms with Crippen molar-refractivity contribution >= 4 is 35.6 Å². The number of ether oxygens (including phenoxy) is 1. The molecule has 3 N–H and O–H groups in total. The third-order valence-corrected chi connectivity index (χ3v) is 2.98. The number of benzene rings is 1. The van der Waals surface area contributed by atoms with Crippen LogP contribution in [0.4, 0.5) is 5.69 Å². The van der Waals surface area contributed by atoms with Crippen molar-refractivity contribution in [1.29, 1.82) is 0 Å². The molecule has 0 fully saturated rings. The number of nitrogens with one attached hydrogen (secondary N) is 1. The molecule has 0 aliphatic rings. The first kappa shape index (κ1) is 20.1. The van der Waals surface area contributed by atoms with E-state index in [9.17, 15) is 0 Å². The topological polar surface area (TPSA) is 62.9 Å². The first-order chi connectivity index (χ1) is 9.61. The lowest BCUT2D eigenvalue weighted by atomic mass is 10.2. The Morgan fingerprint density at radius 3 is 2.57 bits per heavy atom. The summed E-state index contributed by atoms with van der Waals surface area (Å²) in [6.07, 6.45) is 0.983. The molecular weight excluding hydrogens is 379 g/mol. The van der Waals surface area contributed by atoms with Crippen molar-refractivity contribution in [3.05, 3.63) is 29.8 Å². The van der Waals surface area contributed by atoms with Gasteiger partial charge in [0, 0.05) is 25.9 Å². The van der Waals surface area contributed by atoms with Crippen LogP contribution in [0.2, 0.25) is 0 Å². The SMILES string of the molecule is COCCN(C)CCCN=C(N)Nc1ccc(C)cc1.I. The quantitative estimate of drug-likeness (QED) is 0.301. The number of aliphatic imine (C=N–C) groups is 1. The fraction of sp³-hybridized carbons (Fsp3) is 0.533. The van der Waals surface area contributed by atoms with E-state index in [0.717, 1.165) is 38.3 Å². The number of likely N-dealkylation sites (N-methyl/N-ethyl adjacent to an activating group) is 1. The van der Waals surface area contributed by atoms with Crippen molar-refractivity contribution < 1.29 is 4.74 Å². The van der Waals surface area contributed by atoms with Crippen molar-refractivity contribution in [3.63, 3.8) is 0 Å². The number of halogens is 1. The average Bonchev–Trinajstić information content (AvgIpc) is 2.44. The standard InChI is InChI=1S/C15H26N4O.HI/c1-13-5-7-14(8-6-13)18-15(16)17-9-4-10-19(2)11-12-20-3;/h5-8H,4,9-12H2,1-3H3,(H3,16,17,18);1H. The fourth-order valence-corrected chi connectivity index (χ4v) is 1.72. The van der Waals surface area contributed by atoms with Gasteiger partial charge in [-0.3, -0.25) is 4.99 Å². The van der Waals surface area contributed by atoms with Gasteiger partial charge in [0.15, 0.2) is 5.96 Å². The summed E-state index contributed by atoms with van der Waals surface area (Å²) in [6.45, 7) is 5.47. The number of guanidine groups is 1. The molecule has 0 atom stereocenters. The van der Waals surface area contributed by atoms with Crippen LogP contribution >= 0.6 is 24.0 Å². The first-order valence-corrected chi connectivity index (χ1v) is 6.93. The third-order valence-electron chi connectivity index (χ3n) is 2.98. The lowest BCUT2D eigenvalue weighted by molar-refractivity contribution is 0.161. The van der Waals surface area contributed by atoms with Gasteiger partial charge in [-0.25, -0.2) is 0 Å². The van der Waals surface area contributed by atoms with Gasteiger partial charge >= 0.3 is 0 Å². The Hall–Kier alpha value is -0.860. The lowest BCUT2D eigenvalue weighted by Gasteiger charge is -2.14. The van der Waals surface area contributed by atoms with Crippen LogP contribution in [0.15, 0.2) is 29.3 Å². The van der Waals surface area contributed by atoms with Crippen molar-refractivity contribution in [2.75, 3.05) is 45.7 Å². The molecule has 0 amide bonds. The van der Waals surface area contributed by atoms with Crippen LogP contribution in [-0.2, 0) is 4.74 Å². The van der Waals surface area contributed by atoms with E-state index in [1.54, 1.807) is 7.11 Å². The van der Waals surface area contributed by atoms with E-state index in [-0.39, 0.29) is 24.0 Å². The molecule has 0 aromatic heterocycles. The van der Waals surface area contributed by atoms with Crippen molar-refractivity contribution in [2.45, 2.75) is 13.3 Å². The van der Waals surface area contributed by atoms with Gasteiger partial charge < -0.3 is 20.7 Å². The van der Waals surface area contributed by atoms with E-state index in [2.05, 4.69) is 29.2 Å². The predicted octanol–water partition coefficient (Wildman–Crippen LogP) is 2.31. The number of aryl methyl sites for hydroxylation is 1. The van der Waals surface area contributed by atoms with Crippen molar-refractivity contribution in [2.24, 2.45) is 10.7 Å². The summed E-state index contributed by atoms with van der Waals surface area (Å²) < 4.78 is 5.03. The van der Waals surface area contributed by atoms with Crippen LogP contribution in [0.1, 0.15) is 12.0 Å². The molecule has 0 spiro atoms. The molecule has 0 saturated heterocycles. The molecule has 0 bridgehead atoms. The van der Waals surface area contributed by atoms with Crippen LogP contribution in [0, 0.1) is 6.92 Å². The fourth-order valence-electron chi connectivity index (χ4n) is 1.72. The molecule has 0 unspecified atom stereocenters. The van der Waals surface area contributed by atoms with Gasteiger partial charge in [0.2, 0.25) is 0 Å². The number of hydrogen-bond donors (Lipinski definition) is 2. The first-order valence-electron chi connectivity index (χ1n) is 6.93. The van der Waals surface area contributed by atoms with Crippen LogP contribution in [0.3, 0.4) is 0 Å². The number of anilines is 1. The van der Waals surface area contributed by atoms with Crippen LogP contribution in [-0.4, -0.2) is 51.3 Å². The van der Waals surface area contributed by atoms with E-state index >= 15 is 0 Å². The molecule has 6 heteroatoms. The highest BCUT2D eigenvalue weighted by molar-refractivity contribution is 14.0. The predicted molar refractivity (Wildman–Crippen MR) is 101 cm³/mol. The smallest absolute Gasteiger partial charge is 0.193 e. The molecule has 5 nitrogen and oxygen atoms in total. The Morgan fingerprint density at radius 1 is 1.29 bits per heavy atom. The molecular formula is C15H27IN4O. The summed E-state index contributed by atoms with van der Waals surface area (Å²) in [5, 5.41) is 3.09. The second-order valence-electron chi connectivity index (χ2n) is 4.91. The minimum atomic E-state index is 0. The number of rotatable bonds is 8. The second-order valence-corrected chi connectivity index (χ2v) is 4.91. The average molecular weight is 406 g/mol. The lowest BCUT2D eigenvalue weighted by Crippen LogP contribution is -2.25. The Kier molecular flexibility index (Phi) is 11.3. The van der Waals surface area contributed by atoms with Crippen LogP contribution < -0.4 is 11.1 Å². The van der Waals surface area contributed by atoms with Gasteiger partial charge in [0.1, 0.15) is 0 Å². The summed E-state index contributed by atoms with van der Waals surface area (Å²) in [7, 11) is 3.80. The van der Waals surface area contributed by atoms with Gasteiger partial charge in [-0.15, -0.1) is 24.0 Å². The summed E-state index contributed by atoms with van der Waals surface area (Å²) in [5.41, 5.74) is 8.04. The maximum Gasteiger partial charge on any atom is 0.193 e. The molecule has 1 aromatic carbocycles. The van der Waals surface area contributed by atoms with E-state index in [4.69, 9.17) is 10.5 Å². The normalized spacial score (nSPS) is 11.3. The number of methoxy groups -OCH3 is 1. The van der Waals surface area contributed by atoms with E-state index in [0.29, 0.717) is 5.96 Å². The Labute approximate surface area is 145 Å². The van der Waals surface area contributed by atoms with E-state index in [1.807, 2.05) is 24.3 Å². The molecule has 0 aliphatic carbocycles. The Morgan fingerprint density at radius 2 is 1.95 bits per heavy atom. The van der Waals surface area contributed by atoms with Crippen LogP contribution in [0.5, 0.6) is 0 Å².